The molecule has 4 heteroatoms. The standard InChI is InChI=1S/C19H28N2O2/c1-3-19(23)21-11-8-15-12-16(4-5-17(15)21)18(22)13-20-9-6-14(2)7-10-20/h4-5,12,14,18,22H,3,6-11,13H2,1-2H3. The molecular weight excluding hydrogens is 288 g/mol. The molecule has 126 valence electrons. The van der Waals surface area contributed by atoms with E-state index in [4.69, 9.17) is 0 Å². The topological polar surface area (TPSA) is 43.8 Å². The molecule has 4 nitrogen and oxygen atoms in total. The van der Waals surface area contributed by atoms with Gasteiger partial charge in [-0.2, -0.15) is 0 Å². The number of rotatable bonds is 4. The minimum atomic E-state index is -0.440. The molecule has 1 fully saturated rings. The fourth-order valence-electron chi connectivity index (χ4n) is 3.67. The third-order valence-electron chi connectivity index (χ3n) is 5.29. The fourth-order valence-corrected chi connectivity index (χ4v) is 3.67. The lowest BCUT2D eigenvalue weighted by molar-refractivity contribution is -0.118. The normalized spacial score (nSPS) is 20.6. The van der Waals surface area contributed by atoms with Crippen LogP contribution in [0.25, 0.3) is 0 Å². The van der Waals surface area contributed by atoms with Crippen molar-refractivity contribution in [3.63, 3.8) is 0 Å². The number of aliphatic hydroxyl groups excluding tert-OH is 1. The van der Waals surface area contributed by atoms with Crippen LogP contribution in [0.2, 0.25) is 0 Å². The summed E-state index contributed by atoms with van der Waals surface area (Å²) in [6.07, 6.45) is 3.44. The summed E-state index contributed by atoms with van der Waals surface area (Å²) in [7, 11) is 0. The number of β-amino-alcohol motifs (C(OH)–C–C–N with tert-alkyl or cyclic N) is 1. The van der Waals surface area contributed by atoms with Gasteiger partial charge in [0.05, 0.1) is 6.10 Å². The molecule has 1 aromatic carbocycles. The number of amides is 1. The number of piperidine rings is 1. The van der Waals surface area contributed by atoms with E-state index < -0.39 is 6.10 Å². The zero-order chi connectivity index (χ0) is 16.4. The highest BCUT2D eigenvalue weighted by Gasteiger charge is 2.25. The molecule has 1 unspecified atom stereocenters. The SMILES string of the molecule is CCC(=O)N1CCc2cc(C(O)CN3CCC(C)CC3)ccc21. The van der Waals surface area contributed by atoms with Gasteiger partial charge in [0.25, 0.3) is 0 Å². The number of anilines is 1. The second-order valence-corrected chi connectivity index (χ2v) is 7.04. The summed E-state index contributed by atoms with van der Waals surface area (Å²) >= 11 is 0. The van der Waals surface area contributed by atoms with Crippen LogP contribution >= 0.6 is 0 Å². The summed E-state index contributed by atoms with van der Waals surface area (Å²) in [6.45, 7) is 7.86. The molecule has 0 radical (unpaired) electrons. The zero-order valence-electron chi connectivity index (χ0n) is 14.3. The molecule has 0 aliphatic carbocycles. The lowest BCUT2D eigenvalue weighted by Gasteiger charge is -2.31. The van der Waals surface area contributed by atoms with Crippen LogP contribution in [0.4, 0.5) is 5.69 Å². The highest BCUT2D eigenvalue weighted by molar-refractivity contribution is 5.95. The maximum Gasteiger partial charge on any atom is 0.226 e. The van der Waals surface area contributed by atoms with Crippen LogP contribution in [-0.2, 0) is 11.2 Å². The van der Waals surface area contributed by atoms with Crippen molar-refractivity contribution in [3.05, 3.63) is 29.3 Å². The molecule has 0 saturated carbocycles. The van der Waals surface area contributed by atoms with E-state index in [1.165, 1.54) is 18.4 Å². The molecule has 1 N–H and O–H groups in total. The highest BCUT2D eigenvalue weighted by Crippen LogP contribution is 2.31. The van der Waals surface area contributed by atoms with E-state index in [1.807, 2.05) is 24.0 Å². The van der Waals surface area contributed by atoms with Gasteiger partial charge in [0.1, 0.15) is 0 Å². The fraction of sp³-hybridized carbons (Fsp3) is 0.632. The van der Waals surface area contributed by atoms with Crippen molar-refractivity contribution >= 4 is 11.6 Å². The Morgan fingerprint density at radius 1 is 1.30 bits per heavy atom. The Labute approximate surface area is 139 Å². The third-order valence-corrected chi connectivity index (χ3v) is 5.29. The summed E-state index contributed by atoms with van der Waals surface area (Å²) in [5.74, 6) is 0.991. The van der Waals surface area contributed by atoms with Gasteiger partial charge in [-0.15, -0.1) is 0 Å². The number of hydrogen-bond donors (Lipinski definition) is 1. The van der Waals surface area contributed by atoms with Crippen LogP contribution in [-0.4, -0.2) is 42.1 Å². The van der Waals surface area contributed by atoms with Crippen molar-refractivity contribution < 1.29 is 9.90 Å². The van der Waals surface area contributed by atoms with Crippen molar-refractivity contribution in [2.45, 2.75) is 45.6 Å². The van der Waals surface area contributed by atoms with E-state index in [2.05, 4.69) is 17.9 Å². The molecule has 2 aliphatic heterocycles. The van der Waals surface area contributed by atoms with Crippen LogP contribution < -0.4 is 4.90 Å². The Hall–Kier alpha value is -1.39. The van der Waals surface area contributed by atoms with Crippen LogP contribution in [0.15, 0.2) is 18.2 Å². The lowest BCUT2D eigenvalue weighted by Crippen LogP contribution is -2.36. The van der Waals surface area contributed by atoms with Gasteiger partial charge in [-0.25, -0.2) is 0 Å². The van der Waals surface area contributed by atoms with E-state index in [-0.39, 0.29) is 5.91 Å². The molecule has 23 heavy (non-hydrogen) atoms. The number of nitrogens with zero attached hydrogens (tertiary/aromatic N) is 2. The molecule has 2 aliphatic rings. The van der Waals surface area contributed by atoms with E-state index in [9.17, 15) is 9.90 Å². The molecule has 0 spiro atoms. The Morgan fingerprint density at radius 2 is 2.04 bits per heavy atom. The number of aliphatic hydroxyl groups is 1. The van der Waals surface area contributed by atoms with Crippen molar-refractivity contribution in [3.8, 4) is 0 Å². The van der Waals surface area contributed by atoms with Crippen LogP contribution in [0.1, 0.15) is 50.3 Å². The maximum atomic E-state index is 12.0. The predicted octanol–water partition coefficient (Wildman–Crippen LogP) is 2.75. The minimum Gasteiger partial charge on any atom is -0.387 e. The number of carbonyl (C=O) groups excluding carboxylic acids is 1. The molecule has 3 rings (SSSR count). The first kappa shape index (κ1) is 16.5. The largest absolute Gasteiger partial charge is 0.387 e. The van der Waals surface area contributed by atoms with E-state index in [0.717, 1.165) is 43.2 Å². The molecule has 1 amide bonds. The van der Waals surface area contributed by atoms with Gasteiger partial charge in [-0.3, -0.25) is 4.79 Å². The summed E-state index contributed by atoms with van der Waals surface area (Å²) in [5, 5.41) is 10.6. The number of hydrogen-bond acceptors (Lipinski definition) is 3. The van der Waals surface area contributed by atoms with Crippen LogP contribution in [0.5, 0.6) is 0 Å². The van der Waals surface area contributed by atoms with Crippen molar-refractivity contribution in [1.82, 2.24) is 4.90 Å². The first-order valence-corrected chi connectivity index (χ1v) is 8.92. The monoisotopic (exact) mass is 316 g/mol. The van der Waals surface area contributed by atoms with Crippen molar-refractivity contribution in [1.29, 1.82) is 0 Å². The van der Waals surface area contributed by atoms with Crippen LogP contribution in [0.3, 0.4) is 0 Å². The van der Waals surface area contributed by atoms with Gasteiger partial charge in [0, 0.05) is 25.2 Å². The van der Waals surface area contributed by atoms with E-state index in [1.54, 1.807) is 0 Å². The first-order chi connectivity index (χ1) is 11.1. The second-order valence-electron chi connectivity index (χ2n) is 7.04. The smallest absolute Gasteiger partial charge is 0.226 e. The van der Waals surface area contributed by atoms with Crippen molar-refractivity contribution in [2.24, 2.45) is 5.92 Å². The summed E-state index contributed by atoms with van der Waals surface area (Å²) in [5.41, 5.74) is 3.20. The van der Waals surface area contributed by atoms with Gasteiger partial charge in [0.15, 0.2) is 0 Å². The lowest BCUT2D eigenvalue weighted by atomic mass is 9.98. The van der Waals surface area contributed by atoms with E-state index in [0.29, 0.717) is 13.0 Å². The quantitative estimate of drug-likeness (QED) is 0.929. The average molecular weight is 316 g/mol. The first-order valence-electron chi connectivity index (χ1n) is 8.92. The number of fused-ring (bicyclic) bond motifs is 1. The molecule has 1 atom stereocenters. The number of likely N-dealkylation sites (tertiary alicyclic amines) is 1. The summed E-state index contributed by atoms with van der Waals surface area (Å²) < 4.78 is 0. The second kappa shape index (κ2) is 7.02. The van der Waals surface area contributed by atoms with Crippen molar-refractivity contribution in [2.75, 3.05) is 31.1 Å². The third kappa shape index (κ3) is 3.59. The van der Waals surface area contributed by atoms with Gasteiger partial charge >= 0.3 is 0 Å². The Balaban J connectivity index is 1.66. The Kier molecular flexibility index (Phi) is 5.02. The summed E-state index contributed by atoms with van der Waals surface area (Å²) in [6, 6.07) is 6.08. The molecule has 0 bridgehead atoms. The molecular formula is C19H28N2O2. The van der Waals surface area contributed by atoms with Gasteiger partial charge < -0.3 is 14.9 Å². The Bertz CT molecular complexity index is 564. The highest BCUT2D eigenvalue weighted by atomic mass is 16.3. The number of benzene rings is 1. The van der Waals surface area contributed by atoms with Gasteiger partial charge in [0.2, 0.25) is 5.91 Å². The van der Waals surface area contributed by atoms with Gasteiger partial charge in [-0.1, -0.05) is 26.0 Å². The maximum absolute atomic E-state index is 12.0. The van der Waals surface area contributed by atoms with E-state index >= 15 is 0 Å². The predicted molar refractivity (Wildman–Crippen MR) is 92.6 cm³/mol. The molecule has 0 aromatic heterocycles. The van der Waals surface area contributed by atoms with Gasteiger partial charge in [-0.05, 0) is 55.5 Å². The molecule has 1 aromatic rings. The summed E-state index contributed by atoms with van der Waals surface area (Å²) in [4.78, 5) is 16.2. The zero-order valence-corrected chi connectivity index (χ0v) is 14.3. The number of carbonyl (C=O) groups is 1. The average Bonchev–Trinajstić information content (AvgIpc) is 2.99. The Morgan fingerprint density at radius 3 is 2.74 bits per heavy atom. The molecule has 2 heterocycles. The van der Waals surface area contributed by atoms with Crippen LogP contribution in [0, 0.1) is 5.92 Å². The minimum absolute atomic E-state index is 0.180. The molecule has 1 saturated heterocycles.